The van der Waals surface area contributed by atoms with Crippen LogP contribution in [0.15, 0.2) is 40.9 Å². The molecule has 3 heteroatoms. The fraction of sp³-hybridized carbons (Fsp3) is 0.586. The molecular formula is C29H37BrO2. The molecule has 0 heterocycles. The highest BCUT2D eigenvalue weighted by molar-refractivity contribution is 9.10. The third-order valence-electron chi connectivity index (χ3n) is 8.85. The number of halogens is 1. The predicted octanol–water partition coefficient (Wildman–Crippen LogP) is 8.25. The molecule has 4 bridgehead atoms. The summed E-state index contributed by atoms with van der Waals surface area (Å²) < 4.78 is 13.0. The van der Waals surface area contributed by atoms with E-state index in [-0.39, 0.29) is 17.6 Å². The van der Waals surface area contributed by atoms with Gasteiger partial charge in [0.15, 0.2) is 6.79 Å². The smallest absolute Gasteiger partial charge is 0.188 e. The normalized spacial score (nSPS) is 28.8. The Morgan fingerprint density at radius 2 is 1.59 bits per heavy atom. The van der Waals surface area contributed by atoms with Gasteiger partial charge in [0.25, 0.3) is 0 Å². The minimum atomic E-state index is 0.118. The fourth-order valence-electron chi connectivity index (χ4n) is 7.21. The van der Waals surface area contributed by atoms with Crippen LogP contribution in [0.1, 0.15) is 76.8 Å². The molecule has 4 fully saturated rings. The maximum Gasteiger partial charge on any atom is 0.188 e. The molecule has 0 atom stereocenters. The Hall–Kier alpha value is -1.32. The molecule has 172 valence electrons. The van der Waals surface area contributed by atoms with Crippen LogP contribution in [-0.4, -0.2) is 13.9 Å². The lowest BCUT2D eigenvalue weighted by atomic mass is 9.47. The number of rotatable bonds is 7. The maximum atomic E-state index is 6.47. The monoisotopic (exact) mass is 496 g/mol. The van der Waals surface area contributed by atoms with E-state index in [9.17, 15) is 0 Å². The summed E-state index contributed by atoms with van der Waals surface area (Å²) in [7, 11) is 1.72. The van der Waals surface area contributed by atoms with Gasteiger partial charge in [-0.05, 0) is 96.8 Å². The summed E-state index contributed by atoms with van der Waals surface area (Å²) in [5.74, 6) is 3.74. The number of hydrogen-bond donors (Lipinski definition) is 0. The molecule has 2 nitrogen and oxygen atoms in total. The number of methoxy groups -OCH3 is 1. The topological polar surface area (TPSA) is 18.5 Å². The van der Waals surface area contributed by atoms with E-state index >= 15 is 0 Å². The molecule has 0 spiro atoms. The van der Waals surface area contributed by atoms with Crippen molar-refractivity contribution in [3.05, 3.63) is 52.0 Å². The first-order chi connectivity index (χ1) is 15.3. The van der Waals surface area contributed by atoms with E-state index in [2.05, 4.69) is 73.1 Å². The van der Waals surface area contributed by atoms with E-state index in [1.807, 2.05) is 0 Å². The molecule has 2 aromatic carbocycles. The molecule has 0 aromatic heterocycles. The first-order valence-corrected chi connectivity index (χ1v) is 13.2. The average Bonchev–Trinajstić information content (AvgIpc) is 2.76. The van der Waals surface area contributed by atoms with Gasteiger partial charge in [-0.1, -0.05) is 61.0 Å². The Kier molecular flexibility index (Phi) is 5.95. The van der Waals surface area contributed by atoms with Crippen LogP contribution in [0.2, 0.25) is 0 Å². The van der Waals surface area contributed by atoms with Crippen LogP contribution in [0.25, 0.3) is 11.1 Å². The van der Waals surface area contributed by atoms with Gasteiger partial charge in [-0.3, -0.25) is 0 Å². The van der Waals surface area contributed by atoms with Gasteiger partial charge < -0.3 is 9.47 Å². The quantitative estimate of drug-likeness (QED) is 0.359. The first kappa shape index (κ1) is 22.5. The standard InChI is InChI=1S/C29H37BrO2/c1-5-28(2,3)22-13-24(23-8-6-7-9-26(23)30)27(32-18-31-4)25(14-22)29-15-19-10-20(16-29)12-21(11-19)17-29/h6-9,13-14,19-21H,5,10-12,15-18H2,1-4H3. The largest absolute Gasteiger partial charge is 0.467 e. The van der Waals surface area contributed by atoms with Crippen molar-refractivity contribution < 1.29 is 9.47 Å². The van der Waals surface area contributed by atoms with Crippen molar-refractivity contribution in [1.29, 1.82) is 0 Å². The highest BCUT2D eigenvalue weighted by atomic mass is 79.9. The fourth-order valence-corrected chi connectivity index (χ4v) is 7.71. The van der Waals surface area contributed by atoms with Crippen molar-refractivity contribution in [2.75, 3.05) is 13.9 Å². The van der Waals surface area contributed by atoms with Crippen molar-refractivity contribution >= 4 is 15.9 Å². The minimum Gasteiger partial charge on any atom is -0.467 e. The van der Waals surface area contributed by atoms with Gasteiger partial charge in [0.2, 0.25) is 0 Å². The van der Waals surface area contributed by atoms with E-state index in [4.69, 9.17) is 9.47 Å². The highest BCUT2D eigenvalue weighted by Gasteiger charge is 2.53. The van der Waals surface area contributed by atoms with E-state index in [1.165, 1.54) is 60.8 Å². The molecule has 0 amide bonds. The third kappa shape index (κ3) is 3.84. The summed E-state index contributed by atoms with van der Waals surface area (Å²) in [5.41, 5.74) is 5.68. The SMILES string of the molecule is CCC(C)(C)c1cc(-c2ccccc2Br)c(OCOC)c(C23CC4CC(CC(C4)C2)C3)c1. The van der Waals surface area contributed by atoms with Gasteiger partial charge in [-0.25, -0.2) is 0 Å². The molecule has 4 aliphatic carbocycles. The van der Waals surface area contributed by atoms with Crippen molar-refractivity contribution in [2.45, 2.75) is 76.5 Å². The van der Waals surface area contributed by atoms with E-state index in [0.29, 0.717) is 0 Å². The zero-order valence-corrected chi connectivity index (χ0v) is 21.6. The van der Waals surface area contributed by atoms with Crippen molar-refractivity contribution in [3.8, 4) is 16.9 Å². The van der Waals surface area contributed by atoms with Gasteiger partial charge in [-0.15, -0.1) is 0 Å². The summed E-state index contributed by atoms with van der Waals surface area (Å²) in [6, 6.07) is 13.5. The Balaban J connectivity index is 1.75. The lowest BCUT2D eigenvalue weighted by Crippen LogP contribution is -2.48. The van der Waals surface area contributed by atoms with Gasteiger partial charge in [0, 0.05) is 22.7 Å². The molecule has 6 rings (SSSR count). The third-order valence-corrected chi connectivity index (χ3v) is 9.54. The molecule has 4 saturated carbocycles. The second-order valence-electron chi connectivity index (χ2n) is 11.4. The van der Waals surface area contributed by atoms with Crippen molar-refractivity contribution in [3.63, 3.8) is 0 Å². The van der Waals surface area contributed by atoms with Crippen LogP contribution < -0.4 is 4.74 Å². The number of benzene rings is 2. The van der Waals surface area contributed by atoms with E-state index < -0.39 is 0 Å². The van der Waals surface area contributed by atoms with E-state index in [1.54, 1.807) is 7.11 Å². The summed E-state index contributed by atoms with van der Waals surface area (Å²) >= 11 is 3.83. The van der Waals surface area contributed by atoms with Crippen LogP contribution in [0.4, 0.5) is 0 Å². The van der Waals surface area contributed by atoms with Crippen molar-refractivity contribution in [1.82, 2.24) is 0 Å². The molecule has 0 aliphatic heterocycles. The highest BCUT2D eigenvalue weighted by Crippen LogP contribution is 2.63. The lowest BCUT2D eigenvalue weighted by molar-refractivity contribution is -0.00881. The van der Waals surface area contributed by atoms with Gasteiger partial charge >= 0.3 is 0 Å². The second kappa shape index (κ2) is 8.47. The second-order valence-corrected chi connectivity index (χ2v) is 12.2. The summed E-state index contributed by atoms with van der Waals surface area (Å²) in [6.45, 7) is 7.35. The number of ether oxygens (including phenoxy) is 2. The number of hydrogen-bond acceptors (Lipinski definition) is 2. The molecule has 0 saturated heterocycles. The summed E-state index contributed by atoms with van der Waals surface area (Å²) in [4.78, 5) is 0. The average molecular weight is 498 g/mol. The van der Waals surface area contributed by atoms with Crippen LogP contribution in [0, 0.1) is 17.8 Å². The first-order valence-electron chi connectivity index (χ1n) is 12.4. The van der Waals surface area contributed by atoms with Gasteiger partial charge in [-0.2, -0.15) is 0 Å². The minimum absolute atomic E-state index is 0.118. The Morgan fingerprint density at radius 3 is 2.16 bits per heavy atom. The molecule has 0 radical (unpaired) electrons. The molecule has 32 heavy (non-hydrogen) atoms. The van der Waals surface area contributed by atoms with E-state index in [0.717, 1.165) is 34.4 Å². The zero-order chi connectivity index (χ0) is 22.5. The molecule has 0 N–H and O–H groups in total. The van der Waals surface area contributed by atoms with Crippen LogP contribution >= 0.6 is 15.9 Å². The van der Waals surface area contributed by atoms with Crippen LogP contribution in [-0.2, 0) is 15.6 Å². The molecule has 0 unspecified atom stereocenters. The van der Waals surface area contributed by atoms with Crippen LogP contribution in [0.3, 0.4) is 0 Å². The zero-order valence-electron chi connectivity index (χ0n) is 20.0. The summed E-state index contributed by atoms with van der Waals surface area (Å²) in [6.07, 6.45) is 9.44. The molecule has 4 aliphatic rings. The van der Waals surface area contributed by atoms with Crippen LogP contribution in [0.5, 0.6) is 5.75 Å². The summed E-state index contributed by atoms with van der Waals surface area (Å²) in [5, 5.41) is 0. The molecular weight excluding hydrogens is 460 g/mol. The lowest BCUT2D eigenvalue weighted by Gasteiger charge is -2.57. The van der Waals surface area contributed by atoms with Gasteiger partial charge in [0.1, 0.15) is 5.75 Å². The molecule has 2 aromatic rings. The predicted molar refractivity (Wildman–Crippen MR) is 135 cm³/mol. The Labute approximate surface area is 202 Å². The van der Waals surface area contributed by atoms with Gasteiger partial charge in [0.05, 0.1) is 0 Å². The maximum absolute atomic E-state index is 6.47. The Bertz CT molecular complexity index is 957. The Morgan fingerprint density at radius 1 is 0.969 bits per heavy atom. The van der Waals surface area contributed by atoms with Crippen molar-refractivity contribution in [2.24, 2.45) is 17.8 Å².